The second-order valence-corrected chi connectivity index (χ2v) is 32.9. The van der Waals surface area contributed by atoms with Crippen molar-refractivity contribution < 1.29 is 0 Å². The second-order valence-electron chi connectivity index (χ2n) is 32.9. The summed E-state index contributed by atoms with van der Waals surface area (Å²) >= 11 is 0. The molecule has 0 radical (unpaired) electrons. The first-order chi connectivity index (χ1) is 40.7. The Morgan fingerprint density at radius 1 is 0.232 bits per heavy atom. The molecule has 10 heteroatoms. The smallest absolute Gasteiger partial charge is 0.0902 e. The van der Waals surface area contributed by atoms with Crippen LogP contribution in [0.25, 0.3) is 0 Å². The van der Waals surface area contributed by atoms with Crippen molar-refractivity contribution in [3.63, 3.8) is 0 Å². The van der Waals surface area contributed by atoms with E-state index in [9.17, 15) is 0 Å². The number of hydrogen-bond donors (Lipinski definition) is 6. The van der Waals surface area contributed by atoms with E-state index in [0.717, 1.165) is 134 Å². The fourth-order valence-electron chi connectivity index (χ4n) is 26.1. The van der Waals surface area contributed by atoms with Gasteiger partial charge in [0.05, 0.1) is 12.3 Å². The third kappa shape index (κ3) is 10.8. The van der Waals surface area contributed by atoms with E-state index in [4.69, 9.17) is 10.6 Å². The fourth-order valence-corrected chi connectivity index (χ4v) is 26.1. The number of hydrogen-bond acceptors (Lipinski definition) is 10. The predicted octanol–water partition coefficient (Wildman–Crippen LogP) is 11.8. The average molecular weight is 1130 g/mol. The van der Waals surface area contributed by atoms with Crippen LogP contribution in [-0.2, 0) is 0 Å². The Hall–Kier alpha value is -0.400. The van der Waals surface area contributed by atoms with Crippen molar-refractivity contribution >= 4 is 0 Å². The minimum atomic E-state index is 0.391. The molecular weight excluding hydrogens is 1000 g/mol. The Bertz CT molecular complexity index is 1860. The zero-order valence-corrected chi connectivity index (χ0v) is 52.3. The highest BCUT2D eigenvalue weighted by molar-refractivity contribution is 5.23. The second kappa shape index (κ2) is 25.5. The fraction of sp³-hybridized carbons (Fsp3) is 1.00. The quantitative estimate of drug-likeness (QED) is 0.127. The standard InChI is InChI=1S/C72H124N10/c1-5-17-51(18-6-1)79(52-19-7-2-8-20-52)55-35-29-47(30-36-55)49-33-39-63-59(45-49)57-25-13-15-27-61(57)81(63)71-72(78-70-68-66(74-42-44-76-68)65-67(69(70)77-71)75-43-41-73-65)82-62-28-16-14-26-58(62)60-46-50(34-40-64(60)82)48-31-37-56(38-32-48)80(53-21-9-3-10-22-53)54-23-11-4-12-24-54/h47-78H,1-46H2. The summed E-state index contributed by atoms with van der Waals surface area (Å²) in [5, 5.41) is 26.6. The van der Waals surface area contributed by atoms with Crippen molar-refractivity contribution in [2.45, 2.75) is 379 Å². The maximum atomic E-state index is 4.92. The van der Waals surface area contributed by atoms with Crippen LogP contribution in [0.5, 0.6) is 0 Å². The summed E-state index contributed by atoms with van der Waals surface area (Å²) in [6.07, 6.45) is 63.8. The summed E-state index contributed by atoms with van der Waals surface area (Å²) in [4.78, 5) is 13.3. The largest absolute Gasteiger partial charge is 0.310 e. The van der Waals surface area contributed by atoms with E-state index >= 15 is 0 Å². The molecule has 16 rings (SSSR count). The van der Waals surface area contributed by atoms with Gasteiger partial charge in [-0.3, -0.25) is 30.2 Å². The van der Waals surface area contributed by atoms with Crippen LogP contribution >= 0.6 is 0 Å². The Balaban J connectivity index is 0.660. The lowest BCUT2D eigenvalue weighted by atomic mass is 9.65. The third-order valence-corrected chi connectivity index (χ3v) is 29.4. The van der Waals surface area contributed by atoms with Gasteiger partial charge in [0.2, 0.25) is 0 Å². The minimum Gasteiger partial charge on any atom is -0.310 e. The van der Waals surface area contributed by atoms with E-state index in [0.29, 0.717) is 48.6 Å². The molecule has 11 aliphatic carbocycles. The Kier molecular flexibility index (Phi) is 17.6. The van der Waals surface area contributed by atoms with Gasteiger partial charge >= 0.3 is 0 Å². The van der Waals surface area contributed by atoms with E-state index in [1.54, 1.807) is 12.8 Å². The molecule has 5 heterocycles. The molecule has 0 aromatic rings. The lowest BCUT2D eigenvalue weighted by Gasteiger charge is -2.63. The van der Waals surface area contributed by atoms with Gasteiger partial charge < -0.3 is 21.3 Å². The number of rotatable bonds is 10. The van der Waals surface area contributed by atoms with Crippen LogP contribution in [0, 0.1) is 47.3 Å². The number of nitrogens with one attached hydrogen (secondary N) is 6. The number of likely N-dealkylation sites (tertiary alicyclic amines) is 2. The summed E-state index contributed by atoms with van der Waals surface area (Å²) in [6, 6.07) is 11.0. The monoisotopic (exact) mass is 1130 g/mol. The number of fused-ring (bicyclic) bond motifs is 12. The zero-order chi connectivity index (χ0) is 54.1. The van der Waals surface area contributed by atoms with Crippen molar-refractivity contribution in [1.82, 2.24) is 51.5 Å². The Morgan fingerprint density at radius 2 is 0.512 bits per heavy atom. The molecule has 11 saturated carbocycles. The van der Waals surface area contributed by atoms with Gasteiger partial charge in [-0.15, -0.1) is 0 Å². The predicted molar refractivity (Wildman–Crippen MR) is 336 cm³/mol. The van der Waals surface area contributed by atoms with Gasteiger partial charge in [-0.25, -0.2) is 0 Å². The zero-order valence-electron chi connectivity index (χ0n) is 52.3. The molecule has 0 aromatic carbocycles. The first-order valence-corrected chi connectivity index (χ1v) is 38.3. The number of piperazine rings is 3. The molecule has 18 atom stereocenters. The van der Waals surface area contributed by atoms with Crippen LogP contribution in [-0.4, -0.2) is 155 Å². The average Bonchev–Trinajstić information content (AvgIpc) is 4.05. The van der Waals surface area contributed by atoms with E-state index in [-0.39, 0.29) is 0 Å². The lowest BCUT2D eigenvalue weighted by Crippen LogP contribution is -2.89. The lowest BCUT2D eigenvalue weighted by molar-refractivity contribution is -0.0882. The Labute approximate surface area is 501 Å². The summed E-state index contributed by atoms with van der Waals surface area (Å²) < 4.78 is 0. The van der Waals surface area contributed by atoms with Crippen LogP contribution < -0.4 is 31.9 Å². The van der Waals surface area contributed by atoms with Crippen LogP contribution in [0.3, 0.4) is 0 Å². The molecule has 0 bridgehead atoms. The van der Waals surface area contributed by atoms with Gasteiger partial charge in [-0.2, -0.15) is 0 Å². The van der Waals surface area contributed by atoms with Gasteiger partial charge in [0.15, 0.2) is 0 Å². The van der Waals surface area contributed by atoms with Gasteiger partial charge in [-0.1, -0.05) is 103 Å². The third-order valence-electron chi connectivity index (χ3n) is 29.4. The highest BCUT2D eigenvalue weighted by Crippen LogP contribution is 2.58. The van der Waals surface area contributed by atoms with E-state index in [2.05, 4.69) is 40.9 Å². The van der Waals surface area contributed by atoms with Crippen LogP contribution in [0.15, 0.2) is 0 Å². The van der Waals surface area contributed by atoms with Crippen molar-refractivity contribution in [2.75, 3.05) is 26.2 Å². The van der Waals surface area contributed by atoms with Crippen molar-refractivity contribution in [2.24, 2.45) is 47.3 Å². The molecule has 0 aromatic heterocycles. The maximum Gasteiger partial charge on any atom is 0.0902 e. The van der Waals surface area contributed by atoms with Gasteiger partial charge in [0, 0.05) is 123 Å². The summed E-state index contributed by atoms with van der Waals surface area (Å²) in [5.41, 5.74) is 0. The van der Waals surface area contributed by atoms with Crippen LogP contribution in [0.1, 0.15) is 270 Å². The molecule has 10 nitrogen and oxygen atoms in total. The summed E-state index contributed by atoms with van der Waals surface area (Å²) in [5.74, 6) is 7.53. The van der Waals surface area contributed by atoms with Crippen molar-refractivity contribution in [3.8, 4) is 0 Å². The topological polar surface area (TPSA) is 85.1 Å². The molecular formula is C72H124N10. The maximum absolute atomic E-state index is 4.92. The van der Waals surface area contributed by atoms with Gasteiger partial charge in [-0.05, 0) is 214 Å². The molecule has 5 saturated heterocycles. The normalized spacial score (nSPS) is 48.8. The van der Waals surface area contributed by atoms with E-state index in [1.165, 1.54) is 257 Å². The summed E-state index contributed by atoms with van der Waals surface area (Å²) in [7, 11) is 0. The Morgan fingerprint density at radius 3 is 0.866 bits per heavy atom. The highest BCUT2D eigenvalue weighted by atomic mass is 15.5. The van der Waals surface area contributed by atoms with Gasteiger partial charge in [0.25, 0.3) is 0 Å². The van der Waals surface area contributed by atoms with Crippen molar-refractivity contribution in [3.05, 3.63) is 0 Å². The van der Waals surface area contributed by atoms with Crippen LogP contribution in [0.4, 0.5) is 0 Å². The van der Waals surface area contributed by atoms with E-state index in [1.807, 2.05) is 0 Å². The first-order valence-electron chi connectivity index (χ1n) is 38.3. The first kappa shape index (κ1) is 56.8. The molecule has 16 fully saturated rings. The summed E-state index contributed by atoms with van der Waals surface area (Å²) in [6.45, 7) is 4.36. The molecule has 5 aliphatic heterocycles. The molecule has 82 heavy (non-hydrogen) atoms. The number of nitrogens with zero attached hydrogens (tertiary/aromatic N) is 4. The molecule has 16 aliphatic rings. The van der Waals surface area contributed by atoms with Gasteiger partial charge in [0.1, 0.15) is 0 Å². The molecule has 0 amide bonds. The van der Waals surface area contributed by atoms with Crippen LogP contribution in [0.2, 0.25) is 0 Å². The molecule has 6 N–H and O–H groups in total. The molecule has 18 unspecified atom stereocenters. The molecule has 462 valence electrons. The van der Waals surface area contributed by atoms with E-state index < -0.39 is 0 Å². The van der Waals surface area contributed by atoms with Crippen molar-refractivity contribution in [1.29, 1.82) is 0 Å². The SMILES string of the molecule is C1CCC(N(C2CCCCC2)C2CCC(C3CCC4C(C3)C3CCCCC3N4C3NC4C5NCCNC5C5NCCNC5C4NC3N3C4CCCCC4C4CC(C5CCC(N(C6CCCCC6)C6CCCCC6)CC5)CCC43)CC2)CC1. The molecule has 0 spiro atoms. The highest BCUT2D eigenvalue weighted by Gasteiger charge is 2.64. The minimum absolute atomic E-state index is 0.391.